The minimum atomic E-state index is -0.412. The van der Waals surface area contributed by atoms with Crippen LogP contribution in [-0.2, 0) is 11.8 Å². The Hall–Kier alpha value is -2.67. The minimum absolute atomic E-state index is 0.0486. The summed E-state index contributed by atoms with van der Waals surface area (Å²) in [5.74, 6) is 0.381. The molecule has 1 amide bonds. The van der Waals surface area contributed by atoms with E-state index in [9.17, 15) is 9.18 Å². The van der Waals surface area contributed by atoms with E-state index in [-0.39, 0.29) is 11.7 Å². The Balaban J connectivity index is 1.93. The van der Waals surface area contributed by atoms with E-state index >= 15 is 0 Å². The molecule has 3 aromatic rings. The molecule has 146 valence electrons. The van der Waals surface area contributed by atoms with Gasteiger partial charge in [-0.3, -0.25) is 4.79 Å². The van der Waals surface area contributed by atoms with Crippen LogP contribution in [0.25, 0.3) is 11.4 Å². The quantitative estimate of drug-likeness (QED) is 0.556. The Morgan fingerprint density at radius 3 is 2.32 bits per heavy atom. The third-order valence-electron chi connectivity index (χ3n) is 4.56. The van der Waals surface area contributed by atoms with Crippen molar-refractivity contribution in [2.75, 3.05) is 13.1 Å². The summed E-state index contributed by atoms with van der Waals surface area (Å²) in [6.45, 7) is 5.25. The fraction of sp³-hybridized carbons (Fsp3) is 0.286. The number of carbonyl (C=O) groups excluding carboxylic acids is 1. The van der Waals surface area contributed by atoms with E-state index in [0.29, 0.717) is 24.1 Å². The van der Waals surface area contributed by atoms with Crippen LogP contribution in [0.5, 0.6) is 0 Å². The molecule has 0 fully saturated rings. The van der Waals surface area contributed by atoms with Gasteiger partial charge in [0.25, 0.3) is 0 Å². The zero-order valence-corrected chi connectivity index (χ0v) is 17.0. The number of thioether (sulfide) groups is 1. The van der Waals surface area contributed by atoms with Crippen LogP contribution >= 0.6 is 11.8 Å². The lowest BCUT2D eigenvalue weighted by Crippen LogP contribution is -2.34. The lowest BCUT2D eigenvalue weighted by Gasteiger charge is -2.24. The molecule has 0 saturated heterocycles. The molecule has 1 heterocycles. The van der Waals surface area contributed by atoms with E-state index in [4.69, 9.17) is 0 Å². The van der Waals surface area contributed by atoms with Crippen molar-refractivity contribution in [1.29, 1.82) is 0 Å². The van der Waals surface area contributed by atoms with Crippen molar-refractivity contribution in [1.82, 2.24) is 19.7 Å². The van der Waals surface area contributed by atoms with Crippen LogP contribution in [0, 0.1) is 5.82 Å². The average molecular weight is 399 g/mol. The number of nitrogens with zero attached hydrogens (tertiary/aromatic N) is 4. The van der Waals surface area contributed by atoms with Crippen molar-refractivity contribution >= 4 is 17.7 Å². The van der Waals surface area contributed by atoms with Crippen LogP contribution in [0.1, 0.15) is 24.7 Å². The van der Waals surface area contributed by atoms with Gasteiger partial charge >= 0.3 is 0 Å². The molecule has 0 spiro atoms. The zero-order valence-electron chi connectivity index (χ0n) is 16.2. The largest absolute Gasteiger partial charge is 0.342 e. The van der Waals surface area contributed by atoms with Crippen LogP contribution in [0.2, 0.25) is 0 Å². The minimum Gasteiger partial charge on any atom is -0.342 e. The van der Waals surface area contributed by atoms with Gasteiger partial charge in [0.2, 0.25) is 5.91 Å². The normalized spacial score (nSPS) is 12.0. The maximum atomic E-state index is 13.2. The molecule has 0 N–H and O–H groups in total. The summed E-state index contributed by atoms with van der Waals surface area (Å²) < 4.78 is 15.0. The average Bonchev–Trinajstić information content (AvgIpc) is 3.08. The van der Waals surface area contributed by atoms with E-state index in [1.807, 2.05) is 60.7 Å². The van der Waals surface area contributed by atoms with Crippen LogP contribution in [0.15, 0.2) is 59.8 Å². The first kappa shape index (κ1) is 20.1. The number of hydrogen-bond donors (Lipinski definition) is 0. The molecule has 1 aromatic heterocycles. The first-order chi connectivity index (χ1) is 13.5. The molecule has 0 aliphatic heterocycles. The topological polar surface area (TPSA) is 51.0 Å². The van der Waals surface area contributed by atoms with E-state index in [0.717, 1.165) is 11.1 Å². The highest BCUT2D eigenvalue weighted by Gasteiger charge is 2.28. The number of carbonyl (C=O) groups is 1. The van der Waals surface area contributed by atoms with Gasteiger partial charge in [0.15, 0.2) is 11.0 Å². The number of amides is 1. The van der Waals surface area contributed by atoms with Crippen LogP contribution in [0.3, 0.4) is 0 Å². The van der Waals surface area contributed by atoms with E-state index in [1.165, 1.54) is 23.9 Å². The Morgan fingerprint density at radius 2 is 1.71 bits per heavy atom. The Labute approximate surface area is 168 Å². The SMILES string of the molecule is CCN(CC)C(=O)[C@@H](Sc1nnc(-c2ccc(F)cc2)n1C)c1ccccc1. The summed E-state index contributed by atoms with van der Waals surface area (Å²) in [6, 6.07) is 15.8. The Bertz CT molecular complexity index is 923. The molecular weight excluding hydrogens is 375 g/mol. The Morgan fingerprint density at radius 1 is 1.07 bits per heavy atom. The predicted molar refractivity (Wildman–Crippen MR) is 109 cm³/mol. The number of halogens is 1. The molecule has 0 unspecified atom stereocenters. The summed E-state index contributed by atoms with van der Waals surface area (Å²) >= 11 is 1.38. The molecule has 0 aliphatic rings. The maximum Gasteiger partial charge on any atom is 0.240 e. The second kappa shape index (κ2) is 9.01. The fourth-order valence-corrected chi connectivity index (χ4v) is 4.05. The Kier molecular flexibility index (Phi) is 6.46. The summed E-state index contributed by atoms with van der Waals surface area (Å²) in [6.07, 6.45) is 0. The molecule has 28 heavy (non-hydrogen) atoms. The maximum absolute atomic E-state index is 13.2. The monoisotopic (exact) mass is 398 g/mol. The molecule has 2 aromatic carbocycles. The van der Waals surface area contributed by atoms with Crippen molar-refractivity contribution in [3.05, 3.63) is 66.0 Å². The van der Waals surface area contributed by atoms with Gasteiger partial charge in [0, 0.05) is 25.7 Å². The van der Waals surface area contributed by atoms with E-state index in [1.54, 1.807) is 12.1 Å². The van der Waals surface area contributed by atoms with E-state index < -0.39 is 5.25 Å². The number of likely N-dealkylation sites (N-methyl/N-ethyl adjacent to an activating group) is 1. The highest BCUT2D eigenvalue weighted by atomic mass is 32.2. The molecule has 0 bridgehead atoms. The molecule has 0 radical (unpaired) electrons. The van der Waals surface area contributed by atoms with Crippen molar-refractivity contribution in [2.45, 2.75) is 24.3 Å². The van der Waals surface area contributed by atoms with Crippen molar-refractivity contribution in [3.8, 4) is 11.4 Å². The first-order valence-corrected chi connectivity index (χ1v) is 10.1. The van der Waals surface area contributed by atoms with Crippen molar-refractivity contribution in [3.63, 3.8) is 0 Å². The molecule has 3 rings (SSSR count). The van der Waals surface area contributed by atoms with Gasteiger partial charge in [0.1, 0.15) is 11.1 Å². The number of aromatic nitrogens is 3. The van der Waals surface area contributed by atoms with Gasteiger partial charge in [-0.1, -0.05) is 42.1 Å². The highest BCUT2D eigenvalue weighted by Crippen LogP contribution is 2.36. The molecule has 7 heteroatoms. The molecule has 0 saturated carbocycles. The second-order valence-electron chi connectivity index (χ2n) is 6.29. The van der Waals surface area contributed by atoms with Gasteiger partial charge < -0.3 is 9.47 Å². The molecule has 1 atom stereocenters. The third-order valence-corrected chi connectivity index (χ3v) is 5.84. The van der Waals surface area contributed by atoms with Gasteiger partial charge in [-0.2, -0.15) is 0 Å². The lowest BCUT2D eigenvalue weighted by atomic mass is 10.1. The number of benzene rings is 2. The lowest BCUT2D eigenvalue weighted by molar-refractivity contribution is -0.130. The van der Waals surface area contributed by atoms with Crippen LogP contribution in [0.4, 0.5) is 4.39 Å². The highest BCUT2D eigenvalue weighted by molar-refractivity contribution is 8.00. The van der Waals surface area contributed by atoms with Gasteiger partial charge in [-0.25, -0.2) is 4.39 Å². The smallest absolute Gasteiger partial charge is 0.240 e. The molecule has 0 aliphatic carbocycles. The number of rotatable bonds is 7. The van der Waals surface area contributed by atoms with Crippen LogP contribution in [-0.4, -0.2) is 38.7 Å². The third kappa shape index (κ3) is 4.25. The summed E-state index contributed by atoms with van der Waals surface area (Å²) in [4.78, 5) is 15.0. The van der Waals surface area contributed by atoms with Crippen molar-refractivity contribution in [2.24, 2.45) is 7.05 Å². The summed E-state index contributed by atoms with van der Waals surface area (Å²) in [5.41, 5.74) is 1.70. The zero-order chi connectivity index (χ0) is 20.1. The number of hydrogen-bond acceptors (Lipinski definition) is 4. The van der Waals surface area contributed by atoms with Gasteiger partial charge in [0.05, 0.1) is 0 Å². The fourth-order valence-electron chi connectivity index (χ4n) is 2.96. The van der Waals surface area contributed by atoms with Crippen LogP contribution < -0.4 is 0 Å². The van der Waals surface area contributed by atoms with Crippen molar-refractivity contribution < 1.29 is 9.18 Å². The first-order valence-electron chi connectivity index (χ1n) is 9.20. The predicted octanol–water partition coefficient (Wildman–Crippen LogP) is 4.32. The molecular formula is C21H23FN4OS. The molecule has 5 nitrogen and oxygen atoms in total. The van der Waals surface area contributed by atoms with Gasteiger partial charge in [-0.05, 0) is 43.7 Å². The van der Waals surface area contributed by atoms with Gasteiger partial charge in [-0.15, -0.1) is 10.2 Å². The van der Waals surface area contributed by atoms with E-state index in [2.05, 4.69) is 10.2 Å². The summed E-state index contributed by atoms with van der Waals surface area (Å²) in [5, 5.41) is 8.76. The standard InChI is InChI=1S/C21H23FN4OS/c1-4-26(5-2)20(27)18(15-9-7-6-8-10-15)28-21-24-23-19(25(21)3)16-11-13-17(22)14-12-16/h6-14,18H,4-5H2,1-3H3/t18-/m0/s1. The summed E-state index contributed by atoms with van der Waals surface area (Å²) in [7, 11) is 1.85. The second-order valence-corrected chi connectivity index (χ2v) is 7.36.